The summed E-state index contributed by atoms with van der Waals surface area (Å²) in [5.41, 5.74) is 3.09. The lowest BCUT2D eigenvalue weighted by molar-refractivity contribution is 0.545. The van der Waals surface area contributed by atoms with Crippen LogP contribution in [0.5, 0.6) is 5.75 Å². The quantitative estimate of drug-likeness (QED) is 0.801. The highest BCUT2D eigenvalue weighted by molar-refractivity contribution is 6.00. The standard InChI is InChI=1S/C17H17NO.Al/c1-5-13-9-7-10-14(16(13)19)17(3,4)15-11-6-8-12(2)18-15;/h1-2,6-11,19H,5H2,3-4H3;/q;+1/p-1. The molecule has 0 saturated heterocycles. The minimum atomic E-state index is -0.327. The number of benzene rings is 1. The molecular weight excluding hydrogens is 261 g/mol. The maximum Gasteiger partial charge on any atom is 0.482 e. The lowest BCUT2D eigenvalue weighted by Crippen LogP contribution is -2.22. The average Bonchev–Trinajstić information content (AvgIpc) is 2.46. The van der Waals surface area contributed by atoms with Gasteiger partial charge >= 0.3 is 16.6 Å². The Balaban J connectivity index is 2.59. The van der Waals surface area contributed by atoms with Crippen LogP contribution in [0.15, 0.2) is 36.4 Å². The van der Waals surface area contributed by atoms with Crippen molar-refractivity contribution in [1.29, 1.82) is 0 Å². The van der Waals surface area contributed by atoms with Crippen molar-refractivity contribution in [2.45, 2.75) is 25.7 Å². The fourth-order valence-electron chi connectivity index (χ4n) is 2.31. The molecule has 2 aromatic rings. The molecule has 1 heterocycles. The minimum Gasteiger partial charge on any atom is -0.653 e. The highest BCUT2D eigenvalue weighted by Crippen LogP contribution is 2.38. The van der Waals surface area contributed by atoms with Crippen LogP contribution in [0.3, 0.4) is 0 Å². The summed E-state index contributed by atoms with van der Waals surface area (Å²) in [4.78, 5) is 4.44. The zero-order valence-electron chi connectivity index (χ0n) is 11.8. The number of rotatable bonds is 4. The zero-order chi connectivity index (χ0) is 14.8. The van der Waals surface area contributed by atoms with Crippen molar-refractivity contribution in [2.75, 3.05) is 0 Å². The molecule has 0 saturated carbocycles. The van der Waals surface area contributed by atoms with Crippen LogP contribution < -0.4 is 3.79 Å². The Hall–Kier alpha value is -1.30. The van der Waals surface area contributed by atoms with Gasteiger partial charge in [0.25, 0.3) is 0 Å². The van der Waals surface area contributed by atoms with E-state index in [0.717, 1.165) is 22.6 Å². The molecule has 0 aliphatic heterocycles. The minimum absolute atomic E-state index is 0.327. The highest BCUT2D eigenvalue weighted by Gasteiger charge is 2.28. The molecule has 1 aromatic carbocycles. The van der Waals surface area contributed by atoms with Crippen molar-refractivity contribution in [3.05, 3.63) is 72.8 Å². The third kappa shape index (κ3) is 2.75. The summed E-state index contributed by atoms with van der Waals surface area (Å²) < 4.78 is 5.48. The van der Waals surface area contributed by atoms with E-state index in [2.05, 4.69) is 35.5 Å². The number of nitrogens with zero attached hydrogens (tertiary/aromatic N) is 1. The Morgan fingerprint density at radius 2 is 1.90 bits per heavy atom. The van der Waals surface area contributed by atoms with Crippen LogP contribution in [0, 0.1) is 13.8 Å². The smallest absolute Gasteiger partial charge is 0.482 e. The van der Waals surface area contributed by atoms with E-state index in [4.69, 9.17) is 17.6 Å². The molecule has 20 heavy (non-hydrogen) atoms. The van der Waals surface area contributed by atoms with Crippen LogP contribution in [-0.4, -0.2) is 21.6 Å². The summed E-state index contributed by atoms with van der Waals surface area (Å²) in [7, 11) is 0. The Bertz CT molecular complexity index is 608. The molecule has 2 nitrogen and oxygen atoms in total. The number of hydrogen-bond donors (Lipinski definition) is 0. The maximum absolute atomic E-state index is 5.79. The summed E-state index contributed by atoms with van der Waals surface area (Å²) in [5.74, 6) is 0.786. The first-order chi connectivity index (χ1) is 9.50. The van der Waals surface area contributed by atoms with Gasteiger partial charge in [0.05, 0.1) is 11.4 Å². The van der Waals surface area contributed by atoms with E-state index in [1.165, 1.54) is 0 Å². The topological polar surface area (TPSA) is 22.1 Å². The second-order valence-corrected chi connectivity index (χ2v) is 5.42. The molecule has 0 fully saturated rings. The average molecular weight is 277 g/mol. The normalized spacial score (nSPS) is 11.4. The van der Waals surface area contributed by atoms with Gasteiger partial charge in [-0.2, -0.15) is 0 Å². The molecule has 0 unspecified atom stereocenters. The van der Waals surface area contributed by atoms with E-state index in [-0.39, 0.29) is 5.41 Å². The van der Waals surface area contributed by atoms with Gasteiger partial charge in [0.2, 0.25) is 0 Å². The van der Waals surface area contributed by atoms with E-state index in [9.17, 15) is 0 Å². The van der Waals surface area contributed by atoms with Crippen molar-refractivity contribution in [3.63, 3.8) is 0 Å². The number of pyridine rings is 1. The number of hydrogen-bond acceptors (Lipinski definition) is 2. The van der Waals surface area contributed by atoms with Crippen LogP contribution in [0.2, 0.25) is 0 Å². The van der Waals surface area contributed by atoms with Gasteiger partial charge in [0, 0.05) is 23.6 Å². The molecule has 0 amide bonds. The van der Waals surface area contributed by atoms with Crippen LogP contribution in [0.1, 0.15) is 36.4 Å². The van der Waals surface area contributed by atoms with Crippen molar-refractivity contribution >= 4 is 16.6 Å². The van der Waals surface area contributed by atoms with Gasteiger partial charge < -0.3 is 3.79 Å². The van der Waals surface area contributed by atoms with Crippen molar-refractivity contribution < 1.29 is 3.79 Å². The Labute approximate surface area is 130 Å². The van der Waals surface area contributed by atoms with Gasteiger partial charge in [0.15, 0.2) is 0 Å². The zero-order valence-corrected chi connectivity index (χ0v) is 12.9. The highest BCUT2D eigenvalue weighted by atomic mass is 27.1. The Morgan fingerprint density at radius 3 is 2.50 bits per heavy atom. The van der Waals surface area contributed by atoms with E-state index in [0.29, 0.717) is 12.1 Å². The molecule has 98 valence electrons. The van der Waals surface area contributed by atoms with Gasteiger partial charge in [0.1, 0.15) is 0 Å². The molecule has 0 N–H and O–H groups in total. The molecule has 3 heteroatoms. The van der Waals surface area contributed by atoms with Crippen LogP contribution in [0.4, 0.5) is 0 Å². The van der Waals surface area contributed by atoms with Gasteiger partial charge in [-0.25, -0.2) is 0 Å². The van der Waals surface area contributed by atoms with Crippen LogP contribution >= 0.6 is 0 Å². The lowest BCUT2D eigenvalue weighted by Gasteiger charge is -2.29. The first-order valence-corrected chi connectivity index (χ1v) is 6.90. The molecule has 0 aliphatic carbocycles. The summed E-state index contributed by atoms with van der Waals surface area (Å²) in [6, 6.07) is 11.6. The maximum atomic E-state index is 5.79. The molecule has 0 spiro atoms. The monoisotopic (exact) mass is 277 g/mol. The summed E-state index contributed by atoms with van der Waals surface area (Å²) in [6.07, 6.45) is 0.429. The molecular formula is C17H16AlNO. The Morgan fingerprint density at radius 1 is 1.20 bits per heavy atom. The summed E-state index contributed by atoms with van der Waals surface area (Å²) >= 11 is 2.29. The third-order valence-electron chi connectivity index (χ3n) is 3.52. The number of aromatic nitrogens is 1. The van der Waals surface area contributed by atoms with Gasteiger partial charge in [-0.15, -0.1) is 0 Å². The van der Waals surface area contributed by atoms with Gasteiger partial charge in [-0.05, 0) is 31.0 Å². The second kappa shape index (κ2) is 5.99. The first-order valence-electron chi connectivity index (χ1n) is 6.43. The predicted octanol–water partition coefficient (Wildman–Crippen LogP) is 3.18. The molecule has 0 bridgehead atoms. The van der Waals surface area contributed by atoms with Crippen molar-refractivity contribution in [1.82, 2.24) is 4.98 Å². The van der Waals surface area contributed by atoms with Gasteiger partial charge in [-0.1, -0.05) is 38.1 Å². The number of para-hydroxylation sites is 1. The fourth-order valence-corrected chi connectivity index (χ4v) is 2.59. The molecule has 0 aliphatic rings. The molecule has 6 radical (unpaired) electrons. The summed E-state index contributed by atoms with van der Waals surface area (Å²) in [6.45, 7) is 15.8. The largest absolute Gasteiger partial charge is 0.653 e. The fraction of sp³-hybridized carbons (Fsp3) is 0.235. The van der Waals surface area contributed by atoms with Gasteiger partial charge in [-0.3, -0.25) is 4.98 Å². The van der Waals surface area contributed by atoms with E-state index >= 15 is 0 Å². The first kappa shape index (κ1) is 15.1. The van der Waals surface area contributed by atoms with E-state index < -0.39 is 0 Å². The molecule has 2 rings (SSSR count). The van der Waals surface area contributed by atoms with Crippen LogP contribution in [0.25, 0.3) is 0 Å². The Kier molecular flexibility index (Phi) is 4.53. The lowest BCUT2D eigenvalue weighted by atomic mass is 9.79. The molecule has 0 atom stereocenters. The molecule has 1 aromatic heterocycles. The van der Waals surface area contributed by atoms with Crippen molar-refractivity contribution in [2.24, 2.45) is 0 Å². The SMILES string of the molecule is [CH]Cc1cccc(C(C)(C)c2cccc([CH])n2)c1[O][Al]. The van der Waals surface area contributed by atoms with Crippen LogP contribution in [-0.2, 0) is 11.8 Å². The summed E-state index contributed by atoms with van der Waals surface area (Å²) in [5, 5.41) is 0. The van der Waals surface area contributed by atoms with Crippen molar-refractivity contribution in [3.8, 4) is 5.75 Å². The third-order valence-corrected chi connectivity index (χ3v) is 3.75. The van der Waals surface area contributed by atoms with E-state index in [1.54, 1.807) is 6.07 Å². The predicted molar refractivity (Wildman–Crippen MR) is 80.6 cm³/mol. The van der Waals surface area contributed by atoms with E-state index in [1.807, 2.05) is 30.3 Å². The second-order valence-electron chi connectivity index (χ2n) is 5.19.